The van der Waals surface area contributed by atoms with Gasteiger partial charge in [0.2, 0.25) is 0 Å². The quantitative estimate of drug-likeness (QED) is 0.653. The fourth-order valence-electron chi connectivity index (χ4n) is 1.94. The van der Waals surface area contributed by atoms with Gasteiger partial charge in [-0.1, -0.05) is 6.42 Å². The zero-order chi connectivity index (χ0) is 7.68. The first-order valence-electron chi connectivity index (χ1n) is 4.87. The minimum atomic E-state index is 0.840. The van der Waals surface area contributed by atoms with Crippen LogP contribution in [0.2, 0.25) is 0 Å². The van der Waals surface area contributed by atoms with Crippen LogP contribution >= 0.6 is 0 Å². The molecule has 64 valence electrons. The van der Waals surface area contributed by atoms with Gasteiger partial charge < -0.3 is 5.73 Å². The van der Waals surface area contributed by atoms with Crippen LogP contribution in [0.1, 0.15) is 32.1 Å². The van der Waals surface area contributed by atoms with Crippen molar-refractivity contribution in [3.05, 3.63) is 0 Å². The van der Waals surface area contributed by atoms with Crippen LogP contribution in [0.3, 0.4) is 0 Å². The topological polar surface area (TPSA) is 29.3 Å². The van der Waals surface area contributed by atoms with Crippen LogP contribution < -0.4 is 5.73 Å². The van der Waals surface area contributed by atoms with E-state index in [9.17, 15) is 0 Å². The molecule has 0 bridgehead atoms. The first-order chi connectivity index (χ1) is 5.42. The van der Waals surface area contributed by atoms with Crippen molar-refractivity contribution in [2.75, 3.05) is 13.1 Å². The summed E-state index contributed by atoms with van der Waals surface area (Å²) in [5.74, 6) is 0. The Bertz CT molecular complexity index is 128. The van der Waals surface area contributed by atoms with Crippen LogP contribution in [0.5, 0.6) is 0 Å². The largest absolute Gasteiger partial charge is 0.329 e. The second kappa shape index (κ2) is 3.11. The van der Waals surface area contributed by atoms with E-state index < -0.39 is 0 Å². The molecular formula is C9H18N2. The highest BCUT2D eigenvalue weighted by Gasteiger charge is 2.35. The maximum Gasteiger partial charge on any atom is 0.0110 e. The van der Waals surface area contributed by atoms with Crippen molar-refractivity contribution in [1.82, 2.24) is 4.90 Å². The van der Waals surface area contributed by atoms with Gasteiger partial charge in [-0.05, 0) is 25.7 Å². The normalized spacial score (nSPS) is 25.6. The number of nitrogens with zero attached hydrogens (tertiary/aromatic N) is 1. The van der Waals surface area contributed by atoms with Crippen molar-refractivity contribution in [1.29, 1.82) is 0 Å². The van der Waals surface area contributed by atoms with E-state index in [4.69, 9.17) is 5.73 Å². The Morgan fingerprint density at radius 1 is 1.09 bits per heavy atom. The zero-order valence-corrected chi connectivity index (χ0v) is 7.13. The van der Waals surface area contributed by atoms with E-state index in [0.29, 0.717) is 0 Å². The van der Waals surface area contributed by atoms with E-state index in [0.717, 1.165) is 25.2 Å². The average Bonchev–Trinajstić information content (AvgIpc) is 2.63. The number of hydrogen-bond donors (Lipinski definition) is 1. The minimum absolute atomic E-state index is 0.840. The van der Waals surface area contributed by atoms with Gasteiger partial charge >= 0.3 is 0 Å². The molecule has 0 heterocycles. The minimum Gasteiger partial charge on any atom is -0.329 e. The third-order valence-electron chi connectivity index (χ3n) is 2.95. The van der Waals surface area contributed by atoms with Crippen molar-refractivity contribution < 1.29 is 0 Å². The van der Waals surface area contributed by atoms with E-state index in [2.05, 4.69) is 4.90 Å². The summed E-state index contributed by atoms with van der Waals surface area (Å²) in [6.45, 7) is 1.97. The predicted octanol–water partition coefficient (Wildman–Crippen LogP) is 0.962. The fourth-order valence-corrected chi connectivity index (χ4v) is 1.94. The molecular weight excluding hydrogens is 136 g/mol. The van der Waals surface area contributed by atoms with Gasteiger partial charge in [-0.25, -0.2) is 0 Å². The van der Waals surface area contributed by atoms with E-state index in [-0.39, 0.29) is 0 Å². The summed E-state index contributed by atoms with van der Waals surface area (Å²) >= 11 is 0. The molecule has 11 heavy (non-hydrogen) atoms. The Morgan fingerprint density at radius 3 is 2.09 bits per heavy atom. The summed E-state index contributed by atoms with van der Waals surface area (Å²) in [7, 11) is 0. The Morgan fingerprint density at radius 2 is 1.73 bits per heavy atom. The lowest BCUT2D eigenvalue weighted by molar-refractivity contribution is 0.122. The molecule has 0 spiro atoms. The van der Waals surface area contributed by atoms with Crippen LogP contribution in [0.15, 0.2) is 0 Å². The molecule has 0 atom stereocenters. The highest BCUT2D eigenvalue weighted by Crippen LogP contribution is 2.34. The molecule has 2 rings (SSSR count). The van der Waals surface area contributed by atoms with Crippen molar-refractivity contribution in [3.63, 3.8) is 0 Å². The first kappa shape index (κ1) is 7.56. The van der Waals surface area contributed by atoms with Gasteiger partial charge in [-0.15, -0.1) is 0 Å². The van der Waals surface area contributed by atoms with Crippen LogP contribution in [-0.2, 0) is 0 Å². The van der Waals surface area contributed by atoms with Crippen LogP contribution in [0.25, 0.3) is 0 Å². The second-order valence-corrected chi connectivity index (χ2v) is 3.84. The fraction of sp³-hybridized carbons (Fsp3) is 1.00. The maximum atomic E-state index is 5.57. The summed E-state index contributed by atoms with van der Waals surface area (Å²) in [4.78, 5) is 2.64. The molecule has 0 saturated heterocycles. The van der Waals surface area contributed by atoms with E-state index in [1.165, 1.54) is 32.1 Å². The summed E-state index contributed by atoms with van der Waals surface area (Å²) in [6.07, 6.45) is 7.15. The molecule has 0 aliphatic heterocycles. The SMILES string of the molecule is NCCN(C1CCC1)C1CC1. The lowest BCUT2D eigenvalue weighted by Crippen LogP contribution is -2.44. The standard InChI is InChI=1S/C9H18N2/c10-6-7-11(9-4-5-9)8-2-1-3-8/h8-9H,1-7,10H2. The molecule has 0 aromatic carbocycles. The van der Waals surface area contributed by atoms with Gasteiger partial charge in [-0.2, -0.15) is 0 Å². The monoisotopic (exact) mass is 154 g/mol. The van der Waals surface area contributed by atoms with Gasteiger partial charge in [-0.3, -0.25) is 4.90 Å². The molecule has 0 unspecified atom stereocenters. The third kappa shape index (κ3) is 1.57. The molecule has 2 nitrogen and oxygen atoms in total. The molecule has 2 fully saturated rings. The van der Waals surface area contributed by atoms with Crippen LogP contribution in [0, 0.1) is 0 Å². The number of nitrogens with two attached hydrogens (primary N) is 1. The lowest BCUT2D eigenvalue weighted by atomic mass is 9.91. The van der Waals surface area contributed by atoms with E-state index >= 15 is 0 Å². The third-order valence-corrected chi connectivity index (χ3v) is 2.95. The second-order valence-electron chi connectivity index (χ2n) is 3.84. The first-order valence-corrected chi connectivity index (χ1v) is 4.87. The van der Waals surface area contributed by atoms with E-state index in [1.807, 2.05) is 0 Å². The van der Waals surface area contributed by atoms with Crippen molar-refractivity contribution >= 4 is 0 Å². The zero-order valence-electron chi connectivity index (χ0n) is 7.13. The van der Waals surface area contributed by atoms with Gasteiger partial charge in [0.25, 0.3) is 0 Å². The summed E-state index contributed by atoms with van der Waals surface area (Å²) in [5, 5.41) is 0. The van der Waals surface area contributed by atoms with Crippen molar-refractivity contribution in [2.45, 2.75) is 44.2 Å². The van der Waals surface area contributed by atoms with Crippen LogP contribution in [0.4, 0.5) is 0 Å². The number of rotatable bonds is 4. The molecule has 2 N–H and O–H groups in total. The van der Waals surface area contributed by atoms with Gasteiger partial charge in [0.1, 0.15) is 0 Å². The molecule has 0 aromatic rings. The van der Waals surface area contributed by atoms with Crippen molar-refractivity contribution in [2.24, 2.45) is 5.73 Å². The molecule has 2 aliphatic carbocycles. The smallest absolute Gasteiger partial charge is 0.0110 e. The summed E-state index contributed by atoms with van der Waals surface area (Å²) in [6, 6.07) is 1.83. The Labute approximate surface area is 68.7 Å². The number of hydrogen-bond acceptors (Lipinski definition) is 2. The Hall–Kier alpha value is -0.0800. The Kier molecular flexibility index (Phi) is 2.14. The molecule has 2 aliphatic rings. The van der Waals surface area contributed by atoms with Gasteiger partial charge in [0, 0.05) is 25.2 Å². The molecule has 2 saturated carbocycles. The molecule has 0 amide bonds. The molecule has 2 heteroatoms. The Balaban J connectivity index is 1.81. The molecule has 0 radical (unpaired) electrons. The summed E-state index contributed by atoms with van der Waals surface area (Å²) in [5.41, 5.74) is 5.57. The lowest BCUT2D eigenvalue weighted by Gasteiger charge is -2.37. The summed E-state index contributed by atoms with van der Waals surface area (Å²) < 4.78 is 0. The highest BCUT2D eigenvalue weighted by atomic mass is 15.2. The van der Waals surface area contributed by atoms with Crippen molar-refractivity contribution in [3.8, 4) is 0 Å². The van der Waals surface area contributed by atoms with Crippen LogP contribution in [-0.4, -0.2) is 30.1 Å². The highest BCUT2D eigenvalue weighted by molar-refractivity contribution is 4.91. The predicted molar refractivity (Wildman–Crippen MR) is 46.4 cm³/mol. The average molecular weight is 154 g/mol. The van der Waals surface area contributed by atoms with Gasteiger partial charge in [0.15, 0.2) is 0 Å². The maximum absolute atomic E-state index is 5.57. The van der Waals surface area contributed by atoms with Gasteiger partial charge in [0.05, 0.1) is 0 Å². The van der Waals surface area contributed by atoms with E-state index in [1.54, 1.807) is 0 Å². The molecule has 0 aromatic heterocycles.